The number of rotatable bonds is 7. The Bertz CT molecular complexity index is 461. The van der Waals surface area contributed by atoms with E-state index >= 15 is 0 Å². The van der Waals surface area contributed by atoms with Crippen molar-refractivity contribution >= 4 is 0 Å². The average molecular weight is 292 g/mol. The highest BCUT2D eigenvalue weighted by Gasteiger charge is 2.27. The first-order valence-corrected chi connectivity index (χ1v) is 8.17. The third-order valence-corrected chi connectivity index (χ3v) is 4.87. The fraction of sp³-hybridized carbons (Fsp3) is 0.684. The molecule has 0 radical (unpaired) electrons. The Balaban J connectivity index is 3.33. The molecule has 0 aromatic heterocycles. The van der Waals surface area contributed by atoms with Crippen molar-refractivity contribution < 1.29 is 9.84 Å². The molecule has 120 valence electrons. The van der Waals surface area contributed by atoms with Gasteiger partial charge in [-0.25, -0.2) is 0 Å². The van der Waals surface area contributed by atoms with Crippen LogP contribution in [0.1, 0.15) is 78.9 Å². The number of hydrogen-bond acceptors (Lipinski definition) is 2. The molecule has 0 bridgehead atoms. The van der Waals surface area contributed by atoms with Crippen molar-refractivity contribution in [3.8, 4) is 5.75 Å². The van der Waals surface area contributed by atoms with Crippen molar-refractivity contribution in [1.29, 1.82) is 0 Å². The summed E-state index contributed by atoms with van der Waals surface area (Å²) in [4.78, 5) is 0. The normalized spacial score (nSPS) is 14.1. The van der Waals surface area contributed by atoms with Gasteiger partial charge in [-0.1, -0.05) is 60.6 Å². The molecule has 1 aromatic carbocycles. The van der Waals surface area contributed by atoms with E-state index in [1.165, 1.54) is 11.1 Å². The van der Waals surface area contributed by atoms with Crippen molar-refractivity contribution in [1.82, 2.24) is 0 Å². The zero-order chi connectivity index (χ0) is 16.3. The summed E-state index contributed by atoms with van der Waals surface area (Å²) in [6.07, 6.45) is 1.98. The fourth-order valence-corrected chi connectivity index (χ4v) is 2.21. The maximum atomic E-state index is 9.83. The van der Waals surface area contributed by atoms with Crippen molar-refractivity contribution in [3.05, 3.63) is 29.3 Å². The molecule has 0 spiro atoms. The van der Waals surface area contributed by atoms with Crippen molar-refractivity contribution in [2.75, 3.05) is 0 Å². The summed E-state index contributed by atoms with van der Waals surface area (Å²) in [6, 6.07) is 6.43. The number of ether oxygens (including phenoxy) is 1. The molecule has 2 heteroatoms. The van der Waals surface area contributed by atoms with E-state index in [2.05, 4.69) is 53.7 Å². The third-order valence-electron chi connectivity index (χ3n) is 4.87. The van der Waals surface area contributed by atoms with Gasteiger partial charge in [-0.2, -0.15) is 0 Å². The van der Waals surface area contributed by atoms with Gasteiger partial charge in [0.1, 0.15) is 5.75 Å². The summed E-state index contributed by atoms with van der Waals surface area (Å²) in [5.41, 5.74) is 2.71. The van der Waals surface area contributed by atoms with Gasteiger partial charge in [-0.3, -0.25) is 0 Å². The van der Waals surface area contributed by atoms with Crippen LogP contribution in [0.2, 0.25) is 0 Å². The predicted octanol–water partition coefficient (Wildman–Crippen LogP) is 5.17. The molecular formula is C19H32O2. The fourth-order valence-electron chi connectivity index (χ4n) is 2.21. The zero-order valence-corrected chi connectivity index (χ0v) is 14.8. The summed E-state index contributed by atoms with van der Waals surface area (Å²) >= 11 is 0. The second kappa shape index (κ2) is 6.83. The number of aliphatic hydroxyl groups is 1. The highest BCUT2D eigenvalue weighted by Crippen LogP contribution is 2.38. The maximum Gasteiger partial charge on any atom is 0.197 e. The molecule has 0 fully saturated rings. The van der Waals surface area contributed by atoms with Crippen LogP contribution in [0.5, 0.6) is 5.75 Å². The summed E-state index contributed by atoms with van der Waals surface area (Å²) in [6.45, 7) is 15.3. The molecule has 21 heavy (non-hydrogen) atoms. The molecule has 1 rings (SSSR count). The second-order valence-electron chi connectivity index (χ2n) is 7.17. The zero-order valence-electron chi connectivity index (χ0n) is 14.8. The molecule has 1 N–H and O–H groups in total. The minimum Gasteiger partial charge on any atom is -0.465 e. The van der Waals surface area contributed by atoms with Gasteiger partial charge in [0.15, 0.2) is 6.29 Å². The molecule has 0 saturated carbocycles. The topological polar surface area (TPSA) is 29.5 Å². The van der Waals surface area contributed by atoms with E-state index in [9.17, 15) is 5.11 Å². The largest absolute Gasteiger partial charge is 0.465 e. The average Bonchev–Trinajstić information content (AvgIpc) is 2.47. The van der Waals surface area contributed by atoms with E-state index in [1.54, 1.807) is 0 Å². The van der Waals surface area contributed by atoms with Gasteiger partial charge >= 0.3 is 0 Å². The summed E-state index contributed by atoms with van der Waals surface area (Å²) in [5.74, 6) is 0.812. The van der Waals surface area contributed by atoms with E-state index in [0.29, 0.717) is 6.42 Å². The van der Waals surface area contributed by atoms with Gasteiger partial charge in [-0.05, 0) is 35.3 Å². The lowest BCUT2D eigenvalue weighted by Gasteiger charge is -2.31. The van der Waals surface area contributed by atoms with Crippen LogP contribution >= 0.6 is 0 Å². The molecule has 0 saturated heterocycles. The van der Waals surface area contributed by atoms with Crippen molar-refractivity contribution in [2.24, 2.45) is 0 Å². The van der Waals surface area contributed by atoms with E-state index in [-0.39, 0.29) is 10.8 Å². The lowest BCUT2D eigenvalue weighted by atomic mass is 9.76. The molecule has 0 aliphatic heterocycles. The molecule has 1 atom stereocenters. The standard InChI is InChI=1S/C19H32O2/c1-8-17(20)21-16-12-11-14(18(4,5)9-2)13-15(16)19(6,7)10-3/h11-13,17,20H,8-10H2,1-7H3. The predicted molar refractivity (Wildman–Crippen MR) is 90.0 cm³/mol. The molecule has 0 aliphatic rings. The Morgan fingerprint density at radius 3 is 2.05 bits per heavy atom. The van der Waals surface area contributed by atoms with Crippen LogP contribution in [-0.4, -0.2) is 11.4 Å². The number of benzene rings is 1. The van der Waals surface area contributed by atoms with E-state index in [4.69, 9.17) is 4.74 Å². The van der Waals surface area contributed by atoms with Crippen LogP contribution in [0, 0.1) is 0 Å². The van der Waals surface area contributed by atoms with Crippen molar-refractivity contribution in [2.45, 2.75) is 84.8 Å². The Morgan fingerprint density at radius 1 is 1.00 bits per heavy atom. The van der Waals surface area contributed by atoms with Crippen LogP contribution in [0.25, 0.3) is 0 Å². The quantitative estimate of drug-likeness (QED) is 0.703. The van der Waals surface area contributed by atoms with E-state index < -0.39 is 6.29 Å². The summed E-state index contributed by atoms with van der Waals surface area (Å²) in [5, 5.41) is 9.83. The van der Waals surface area contributed by atoms with Crippen molar-refractivity contribution in [3.63, 3.8) is 0 Å². The summed E-state index contributed by atoms with van der Waals surface area (Å²) < 4.78 is 5.74. The monoisotopic (exact) mass is 292 g/mol. The number of aliphatic hydroxyl groups excluding tert-OH is 1. The van der Waals surface area contributed by atoms with Gasteiger partial charge in [0.25, 0.3) is 0 Å². The minimum absolute atomic E-state index is 0.0304. The first-order valence-electron chi connectivity index (χ1n) is 8.17. The number of hydrogen-bond donors (Lipinski definition) is 1. The third kappa shape index (κ3) is 4.23. The van der Waals surface area contributed by atoms with Gasteiger partial charge in [0.05, 0.1) is 0 Å². The molecule has 1 aromatic rings. The molecule has 0 amide bonds. The molecule has 0 aliphatic carbocycles. The molecule has 2 nitrogen and oxygen atoms in total. The second-order valence-corrected chi connectivity index (χ2v) is 7.17. The molecule has 0 heterocycles. The smallest absolute Gasteiger partial charge is 0.197 e. The highest BCUT2D eigenvalue weighted by atomic mass is 16.6. The van der Waals surface area contributed by atoms with Crippen LogP contribution < -0.4 is 4.74 Å². The highest BCUT2D eigenvalue weighted by molar-refractivity contribution is 5.44. The van der Waals surface area contributed by atoms with Gasteiger partial charge < -0.3 is 9.84 Å². The first-order chi connectivity index (χ1) is 9.67. The molecular weight excluding hydrogens is 260 g/mol. The van der Waals surface area contributed by atoms with Crippen LogP contribution in [0.4, 0.5) is 0 Å². The maximum absolute atomic E-state index is 9.83. The van der Waals surface area contributed by atoms with E-state index in [1.807, 2.05) is 13.0 Å². The van der Waals surface area contributed by atoms with Gasteiger partial charge in [0, 0.05) is 12.0 Å². The van der Waals surface area contributed by atoms with Crippen LogP contribution in [-0.2, 0) is 10.8 Å². The Kier molecular flexibility index (Phi) is 5.86. The lowest BCUT2D eigenvalue weighted by molar-refractivity contribution is -0.0203. The van der Waals surface area contributed by atoms with Gasteiger partial charge in [-0.15, -0.1) is 0 Å². The van der Waals surface area contributed by atoms with Gasteiger partial charge in [0.2, 0.25) is 0 Å². The first kappa shape index (κ1) is 18.0. The van der Waals surface area contributed by atoms with Crippen LogP contribution in [0.3, 0.4) is 0 Å². The Morgan fingerprint density at radius 2 is 1.57 bits per heavy atom. The Labute approximate surface area is 130 Å². The van der Waals surface area contributed by atoms with Crippen LogP contribution in [0.15, 0.2) is 18.2 Å². The Hall–Kier alpha value is -1.02. The summed E-state index contributed by atoms with van der Waals surface area (Å²) in [7, 11) is 0. The van der Waals surface area contributed by atoms with E-state index in [0.717, 1.165) is 18.6 Å². The SMILES string of the molecule is CCC(O)Oc1ccc(C(C)(C)CC)cc1C(C)(C)CC. The lowest BCUT2D eigenvalue weighted by Crippen LogP contribution is -2.23. The minimum atomic E-state index is -0.735. The molecule has 1 unspecified atom stereocenters.